The van der Waals surface area contributed by atoms with Gasteiger partial charge in [0.1, 0.15) is 0 Å². The molecule has 3 nitrogen and oxygen atoms in total. The zero-order chi connectivity index (χ0) is 9.84. The standard InChI is InChI=1S/C8H11NO2S2/c1-5-4-13-8(9)7(5)12-3-2-6(10)11/h4H,2-3,9H2,1H3,(H,10,11). The van der Waals surface area contributed by atoms with E-state index in [0.29, 0.717) is 5.75 Å². The second kappa shape index (κ2) is 4.53. The first-order valence-electron chi connectivity index (χ1n) is 3.79. The second-order valence-corrected chi connectivity index (χ2v) is 4.62. The molecule has 0 radical (unpaired) electrons. The van der Waals surface area contributed by atoms with Gasteiger partial charge in [0.15, 0.2) is 0 Å². The summed E-state index contributed by atoms with van der Waals surface area (Å²) in [5.41, 5.74) is 6.85. The van der Waals surface area contributed by atoms with Crippen LogP contribution in [0.1, 0.15) is 12.0 Å². The van der Waals surface area contributed by atoms with Crippen molar-refractivity contribution in [1.29, 1.82) is 0 Å². The molecule has 1 heterocycles. The number of carboxylic acid groups (broad SMARTS) is 1. The lowest BCUT2D eigenvalue weighted by Gasteiger charge is -1.99. The summed E-state index contributed by atoms with van der Waals surface area (Å²) in [7, 11) is 0. The highest BCUT2D eigenvalue weighted by molar-refractivity contribution is 7.99. The van der Waals surface area contributed by atoms with Gasteiger partial charge in [0.2, 0.25) is 0 Å². The number of carboxylic acids is 1. The van der Waals surface area contributed by atoms with Crippen LogP contribution in [0.25, 0.3) is 0 Å². The monoisotopic (exact) mass is 217 g/mol. The van der Waals surface area contributed by atoms with E-state index in [1.54, 1.807) is 0 Å². The molecular weight excluding hydrogens is 206 g/mol. The largest absolute Gasteiger partial charge is 0.481 e. The number of nitrogen functional groups attached to an aromatic ring is 1. The van der Waals surface area contributed by atoms with Gasteiger partial charge < -0.3 is 10.8 Å². The average Bonchev–Trinajstić information content (AvgIpc) is 2.34. The predicted molar refractivity (Wildman–Crippen MR) is 56.4 cm³/mol. The smallest absolute Gasteiger partial charge is 0.304 e. The summed E-state index contributed by atoms with van der Waals surface area (Å²) in [6.45, 7) is 1.98. The summed E-state index contributed by atoms with van der Waals surface area (Å²) in [4.78, 5) is 11.3. The van der Waals surface area contributed by atoms with Gasteiger partial charge in [0, 0.05) is 10.6 Å². The normalized spacial score (nSPS) is 10.2. The molecular formula is C8H11NO2S2. The first-order chi connectivity index (χ1) is 6.11. The number of rotatable bonds is 4. The van der Waals surface area contributed by atoms with Gasteiger partial charge in [-0.05, 0) is 17.9 Å². The van der Waals surface area contributed by atoms with Crippen molar-refractivity contribution in [3.8, 4) is 0 Å². The van der Waals surface area contributed by atoms with Crippen molar-refractivity contribution in [3.63, 3.8) is 0 Å². The van der Waals surface area contributed by atoms with Crippen LogP contribution in [0.3, 0.4) is 0 Å². The molecule has 0 aliphatic carbocycles. The molecule has 13 heavy (non-hydrogen) atoms. The summed E-state index contributed by atoms with van der Waals surface area (Å²) < 4.78 is 0. The molecule has 0 fully saturated rings. The van der Waals surface area contributed by atoms with Gasteiger partial charge in [0.05, 0.1) is 11.4 Å². The quantitative estimate of drug-likeness (QED) is 0.759. The van der Waals surface area contributed by atoms with E-state index in [0.717, 1.165) is 15.5 Å². The highest BCUT2D eigenvalue weighted by Gasteiger charge is 2.06. The van der Waals surface area contributed by atoms with Crippen LogP contribution >= 0.6 is 23.1 Å². The lowest BCUT2D eigenvalue weighted by atomic mass is 10.4. The molecule has 0 atom stereocenters. The molecule has 3 N–H and O–H groups in total. The van der Waals surface area contributed by atoms with Gasteiger partial charge in [-0.15, -0.1) is 23.1 Å². The van der Waals surface area contributed by atoms with Gasteiger partial charge in [-0.1, -0.05) is 0 Å². The Morgan fingerprint density at radius 1 is 1.77 bits per heavy atom. The maximum Gasteiger partial charge on any atom is 0.304 e. The zero-order valence-corrected chi connectivity index (χ0v) is 8.87. The van der Waals surface area contributed by atoms with Crippen molar-refractivity contribution in [3.05, 3.63) is 10.9 Å². The molecule has 1 aromatic heterocycles. The van der Waals surface area contributed by atoms with Crippen molar-refractivity contribution >= 4 is 34.1 Å². The molecule has 1 aromatic rings. The third-order valence-corrected chi connectivity index (χ3v) is 3.80. The molecule has 0 aliphatic rings. The van der Waals surface area contributed by atoms with Crippen LogP contribution in [0.2, 0.25) is 0 Å². The predicted octanol–water partition coefficient (Wildman–Crippen LogP) is 2.21. The number of anilines is 1. The minimum absolute atomic E-state index is 0.180. The fraction of sp³-hybridized carbons (Fsp3) is 0.375. The van der Waals surface area contributed by atoms with Gasteiger partial charge in [0.25, 0.3) is 0 Å². The van der Waals surface area contributed by atoms with Crippen LogP contribution in [0.15, 0.2) is 10.3 Å². The minimum Gasteiger partial charge on any atom is -0.481 e. The molecule has 5 heteroatoms. The number of carbonyl (C=O) groups is 1. The summed E-state index contributed by atoms with van der Waals surface area (Å²) in [6.07, 6.45) is 0.180. The van der Waals surface area contributed by atoms with Gasteiger partial charge in [-0.25, -0.2) is 0 Å². The first-order valence-corrected chi connectivity index (χ1v) is 5.66. The Bertz CT molecular complexity index is 290. The number of aliphatic carboxylic acids is 1. The number of thioether (sulfide) groups is 1. The molecule has 0 aliphatic heterocycles. The van der Waals surface area contributed by atoms with Crippen molar-refractivity contribution in [2.45, 2.75) is 18.2 Å². The number of thiophene rings is 1. The Hall–Kier alpha value is -0.680. The summed E-state index contributed by atoms with van der Waals surface area (Å²) in [5, 5.41) is 11.2. The van der Waals surface area contributed by atoms with E-state index in [4.69, 9.17) is 10.8 Å². The fourth-order valence-corrected chi connectivity index (χ4v) is 2.87. The summed E-state index contributed by atoms with van der Waals surface area (Å²) in [6, 6.07) is 0. The minimum atomic E-state index is -0.765. The van der Waals surface area contributed by atoms with Crippen molar-refractivity contribution < 1.29 is 9.90 Å². The van der Waals surface area contributed by atoms with E-state index < -0.39 is 5.97 Å². The van der Waals surface area contributed by atoms with Crippen LogP contribution in [-0.2, 0) is 4.79 Å². The van der Waals surface area contributed by atoms with Crippen LogP contribution in [0.4, 0.5) is 5.00 Å². The van der Waals surface area contributed by atoms with Gasteiger partial charge >= 0.3 is 5.97 Å². The SMILES string of the molecule is Cc1csc(N)c1SCCC(=O)O. The van der Waals surface area contributed by atoms with E-state index in [1.165, 1.54) is 23.1 Å². The summed E-state index contributed by atoms with van der Waals surface area (Å²) in [5.74, 6) is -0.184. The second-order valence-electron chi connectivity index (χ2n) is 2.60. The third-order valence-electron chi connectivity index (χ3n) is 1.51. The average molecular weight is 217 g/mol. The van der Waals surface area contributed by atoms with Crippen molar-refractivity contribution in [1.82, 2.24) is 0 Å². The molecule has 0 saturated heterocycles. The highest BCUT2D eigenvalue weighted by Crippen LogP contribution is 2.34. The molecule has 0 saturated carbocycles. The maximum atomic E-state index is 10.3. The van der Waals surface area contributed by atoms with E-state index in [9.17, 15) is 4.79 Å². The van der Waals surface area contributed by atoms with Crippen molar-refractivity contribution in [2.75, 3.05) is 11.5 Å². The maximum absolute atomic E-state index is 10.3. The first kappa shape index (κ1) is 10.4. The molecule has 72 valence electrons. The molecule has 0 aromatic carbocycles. The van der Waals surface area contributed by atoms with Crippen LogP contribution in [0, 0.1) is 6.92 Å². The zero-order valence-electron chi connectivity index (χ0n) is 7.24. The van der Waals surface area contributed by atoms with E-state index in [2.05, 4.69) is 0 Å². The molecule has 0 amide bonds. The Morgan fingerprint density at radius 3 is 2.92 bits per heavy atom. The van der Waals surface area contributed by atoms with Gasteiger partial charge in [-0.2, -0.15) is 0 Å². The number of nitrogens with two attached hydrogens (primary N) is 1. The Morgan fingerprint density at radius 2 is 2.46 bits per heavy atom. The molecule has 0 unspecified atom stereocenters. The van der Waals surface area contributed by atoms with Crippen molar-refractivity contribution in [2.24, 2.45) is 0 Å². The Labute approximate surface area is 85.0 Å². The van der Waals surface area contributed by atoms with E-state index in [1.807, 2.05) is 12.3 Å². The Kier molecular flexibility index (Phi) is 3.62. The third kappa shape index (κ3) is 2.93. The van der Waals surface area contributed by atoms with Gasteiger partial charge in [-0.3, -0.25) is 4.79 Å². The highest BCUT2D eigenvalue weighted by atomic mass is 32.2. The van der Waals surface area contributed by atoms with Crippen LogP contribution in [-0.4, -0.2) is 16.8 Å². The molecule has 0 spiro atoms. The van der Waals surface area contributed by atoms with E-state index in [-0.39, 0.29) is 6.42 Å². The fourth-order valence-electron chi connectivity index (χ4n) is 0.879. The van der Waals surface area contributed by atoms with Crippen LogP contribution in [0.5, 0.6) is 0 Å². The van der Waals surface area contributed by atoms with Crippen LogP contribution < -0.4 is 5.73 Å². The number of hydrogen-bond acceptors (Lipinski definition) is 4. The Balaban J connectivity index is 2.49. The lowest BCUT2D eigenvalue weighted by Crippen LogP contribution is -1.96. The molecule has 1 rings (SSSR count). The molecule has 0 bridgehead atoms. The summed E-state index contributed by atoms with van der Waals surface area (Å²) >= 11 is 3.01. The van der Waals surface area contributed by atoms with E-state index >= 15 is 0 Å². The topological polar surface area (TPSA) is 63.3 Å². The number of aryl methyl sites for hydroxylation is 1. The lowest BCUT2D eigenvalue weighted by molar-refractivity contribution is -0.136. The number of hydrogen-bond donors (Lipinski definition) is 2.